The number of rotatable bonds is 6. The Hall–Kier alpha value is -4.66. The number of allylic oxidation sites excluding steroid dienone is 4. The van der Waals surface area contributed by atoms with Crippen LogP contribution in [-0.4, -0.2) is 47.1 Å². The number of nitrogens with zero attached hydrogens (tertiary/aromatic N) is 5. The lowest BCUT2D eigenvalue weighted by atomic mass is 9.78. The Labute approximate surface area is 251 Å². The van der Waals surface area contributed by atoms with E-state index in [0.29, 0.717) is 38.0 Å². The molecule has 1 fully saturated rings. The van der Waals surface area contributed by atoms with Crippen LogP contribution >= 0.6 is 0 Å². The number of piperazine rings is 1. The molecule has 220 valence electrons. The van der Waals surface area contributed by atoms with Gasteiger partial charge in [-0.05, 0) is 72.7 Å². The molecule has 2 aliphatic heterocycles. The molecule has 1 aromatic heterocycles. The van der Waals surface area contributed by atoms with Crippen LogP contribution in [0, 0.1) is 17.7 Å². The standard InChI is InChI=1S/C34H36FN7O/c1-23-29-22-38-42(28-12-10-27(35)11-13-28)31(29)21-26-9-8-25(32(23)26)20-30(24-6-3-2-4-7-24)39-34(43)41-18-16-40(17-19-41)33-36-14-5-15-37-33/h2-7,10-15,21-23,25,30,38H,8-9,16-20H2,1H3,(H,39,43)/t23-,25+,30?/m0/s1. The molecule has 8 nitrogen and oxygen atoms in total. The number of fused-ring (bicyclic) bond motifs is 1. The first-order chi connectivity index (χ1) is 21.0. The van der Waals surface area contributed by atoms with E-state index in [1.165, 1.54) is 28.9 Å². The van der Waals surface area contributed by atoms with Crippen molar-refractivity contribution in [2.75, 3.05) is 36.1 Å². The first kappa shape index (κ1) is 27.2. The third kappa shape index (κ3) is 5.35. The lowest BCUT2D eigenvalue weighted by Crippen LogP contribution is -2.52. The summed E-state index contributed by atoms with van der Waals surface area (Å²) < 4.78 is 13.6. The highest BCUT2D eigenvalue weighted by Crippen LogP contribution is 2.49. The molecule has 0 saturated carbocycles. The van der Waals surface area contributed by atoms with E-state index in [2.05, 4.69) is 56.9 Å². The number of nitrogens with one attached hydrogen (secondary N) is 2. The molecule has 1 saturated heterocycles. The molecule has 4 aliphatic rings. The second-order valence-corrected chi connectivity index (χ2v) is 11.7. The molecular weight excluding hydrogens is 541 g/mol. The van der Waals surface area contributed by atoms with E-state index in [1.807, 2.05) is 34.2 Å². The number of hydrogen-bond donors (Lipinski definition) is 2. The van der Waals surface area contributed by atoms with Crippen LogP contribution in [0.25, 0.3) is 0 Å². The number of anilines is 2. The lowest BCUT2D eigenvalue weighted by Gasteiger charge is -2.36. The predicted octanol–water partition coefficient (Wildman–Crippen LogP) is 5.73. The molecular formula is C34H36FN7O. The maximum atomic E-state index is 13.6. The molecule has 3 atom stereocenters. The van der Waals surface area contributed by atoms with Crippen LogP contribution in [0.2, 0.25) is 0 Å². The summed E-state index contributed by atoms with van der Waals surface area (Å²) in [5.74, 6) is 1.08. The van der Waals surface area contributed by atoms with E-state index >= 15 is 0 Å². The van der Waals surface area contributed by atoms with Gasteiger partial charge in [0.1, 0.15) is 5.82 Å². The summed E-state index contributed by atoms with van der Waals surface area (Å²) in [6.07, 6.45) is 10.8. The van der Waals surface area contributed by atoms with Gasteiger partial charge in [0.25, 0.3) is 0 Å². The lowest BCUT2D eigenvalue weighted by molar-refractivity contribution is 0.188. The highest BCUT2D eigenvalue weighted by Gasteiger charge is 2.39. The van der Waals surface area contributed by atoms with Gasteiger partial charge in [-0.15, -0.1) is 0 Å². The summed E-state index contributed by atoms with van der Waals surface area (Å²) >= 11 is 0. The van der Waals surface area contributed by atoms with Crippen molar-refractivity contribution in [1.29, 1.82) is 0 Å². The molecule has 2 aromatic carbocycles. The molecule has 3 aromatic rings. The third-order valence-corrected chi connectivity index (χ3v) is 9.21. The van der Waals surface area contributed by atoms with E-state index in [4.69, 9.17) is 0 Å². The largest absolute Gasteiger partial charge is 0.337 e. The Morgan fingerprint density at radius 3 is 2.51 bits per heavy atom. The number of carbonyl (C=O) groups excluding carboxylic acids is 1. The SMILES string of the molecule is C[C@H]1C2=CNN(c3ccc(F)cc3)C2=CC2=C1[C@@H](CC(NC(=O)N1CCN(c3ncccn3)CC1)c1ccccc1)CC2. The van der Waals surface area contributed by atoms with Crippen LogP contribution in [0.4, 0.5) is 20.8 Å². The van der Waals surface area contributed by atoms with Crippen molar-refractivity contribution in [3.8, 4) is 0 Å². The van der Waals surface area contributed by atoms with Gasteiger partial charge < -0.3 is 20.5 Å². The molecule has 0 radical (unpaired) electrons. The van der Waals surface area contributed by atoms with Gasteiger partial charge in [-0.2, -0.15) is 0 Å². The summed E-state index contributed by atoms with van der Waals surface area (Å²) in [7, 11) is 0. The van der Waals surface area contributed by atoms with Crippen LogP contribution in [0.1, 0.15) is 37.8 Å². The minimum Gasteiger partial charge on any atom is -0.337 e. The zero-order valence-corrected chi connectivity index (χ0v) is 24.3. The Bertz CT molecular complexity index is 1560. The Morgan fingerprint density at radius 2 is 1.77 bits per heavy atom. The molecule has 2 N–H and O–H groups in total. The number of hydrogen-bond acceptors (Lipinski definition) is 6. The van der Waals surface area contributed by atoms with Gasteiger partial charge in [-0.25, -0.2) is 19.2 Å². The van der Waals surface area contributed by atoms with Gasteiger partial charge in [-0.3, -0.25) is 5.01 Å². The number of carbonyl (C=O) groups is 1. The zero-order valence-electron chi connectivity index (χ0n) is 24.3. The quantitative estimate of drug-likeness (QED) is 0.390. The monoisotopic (exact) mass is 577 g/mol. The van der Waals surface area contributed by atoms with Crippen LogP contribution in [0.15, 0.2) is 108 Å². The van der Waals surface area contributed by atoms with Gasteiger partial charge >= 0.3 is 6.03 Å². The van der Waals surface area contributed by atoms with Crippen molar-refractivity contribution >= 4 is 17.7 Å². The number of benzene rings is 2. The highest BCUT2D eigenvalue weighted by atomic mass is 19.1. The van der Waals surface area contributed by atoms with E-state index in [9.17, 15) is 9.18 Å². The Morgan fingerprint density at radius 1 is 1.02 bits per heavy atom. The Kier molecular flexibility index (Phi) is 7.30. The fraction of sp³-hybridized carbons (Fsp3) is 0.324. The minimum absolute atomic E-state index is 0.0220. The molecule has 7 rings (SSSR count). The fourth-order valence-corrected chi connectivity index (χ4v) is 7.01. The van der Waals surface area contributed by atoms with Gasteiger partial charge in [0.05, 0.1) is 17.4 Å². The maximum absolute atomic E-state index is 13.6. The zero-order chi connectivity index (χ0) is 29.3. The molecule has 3 heterocycles. The highest BCUT2D eigenvalue weighted by molar-refractivity contribution is 5.75. The van der Waals surface area contributed by atoms with Gasteiger partial charge in [0.2, 0.25) is 5.95 Å². The second-order valence-electron chi connectivity index (χ2n) is 11.7. The normalized spacial score (nSPS) is 22.0. The average molecular weight is 578 g/mol. The number of aromatic nitrogens is 2. The molecule has 2 aliphatic carbocycles. The van der Waals surface area contributed by atoms with Crippen molar-refractivity contribution in [3.05, 3.63) is 119 Å². The van der Waals surface area contributed by atoms with Crippen molar-refractivity contribution in [2.45, 2.75) is 32.2 Å². The summed E-state index contributed by atoms with van der Waals surface area (Å²) in [5, 5.41) is 5.45. The predicted molar refractivity (Wildman–Crippen MR) is 165 cm³/mol. The van der Waals surface area contributed by atoms with Crippen molar-refractivity contribution in [1.82, 2.24) is 25.6 Å². The first-order valence-electron chi connectivity index (χ1n) is 15.1. The van der Waals surface area contributed by atoms with E-state index in [0.717, 1.165) is 36.2 Å². The van der Waals surface area contributed by atoms with E-state index < -0.39 is 0 Å². The maximum Gasteiger partial charge on any atom is 0.318 e. The van der Waals surface area contributed by atoms with Crippen LogP contribution in [0.3, 0.4) is 0 Å². The number of hydrazine groups is 1. The summed E-state index contributed by atoms with van der Waals surface area (Å²) in [4.78, 5) is 26.3. The molecule has 0 spiro atoms. The third-order valence-electron chi connectivity index (χ3n) is 9.21. The van der Waals surface area contributed by atoms with Crippen molar-refractivity contribution in [2.24, 2.45) is 11.8 Å². The summed E-state index contributed by atoms with van der Waals surface area (Å²) in [6, 6.07) is 18.6. The summed E-state index contributed by atoms with van der Waals surface area (Å²) in [5.41, 5.74) is 10.7. The number of urea groups is 1. The van der Waals surface area contributed by atoms with Gasteiger partial charge in [-0.1, -0.05) is 42.8 Å². The first-order valence-corrected chi connectivity index (χ1v) is 15.1. The summed E-state index contributed by atoms with van der Waals surface area (Å²) in [6.45, 7) is 4.95. The smallest absolute Gasteiger partial charge is 0.318 e. The van der Waals surface area contributed by atoms with Crippen LogP contribution < -0.4 is 20.7 Å². The molecule has 43 heavy (non-hydrogen) atoms. The fourth-order valence-electron chi connectivity index (χ4n) is 7.01. The van der Waals surface area contributed by atoms with E-state index in [-0.39, 0.29) is 23.8 Å². The number of amides is 2. The number of halogens is 1. The molecule has 0 bridgehead atoms. The second kappa shape index (κ2) is 11.6. The Balaban J connectivity index is 1.07. The molecule has 9 heteroatoms. The molecule has 1 unspecified atom stereocenters. The van der Waals surface area contributed by atoms with Crippen LogP contribution in [-0.2, 0) is 0 Å². The van der Waals surface area contributed by atoms with E-state index in [1.54, 1.807) is 24.5 Å². The van der Waals surface area contributed by atoms with Gasteiger partial charge in [0, 0.05) is 56.3 Å². The average Bonchev–Trinajstić information content (AvgIpc) is 3.67. The van der Waals surface area contributed by atoms with Crippen molar-refractivity contribution in [3.63, 3.8) is 0 Å². The van der Waals surface area contributed by atoms with Crippen LogP contribution in [0.5, 0.6) is 0 Å². The van der Waals surface area contributed by atoms with Crippen molar-refractivity contribution < 1.29 is 9.18 Å². The minimum atomic E-state index is -0.241. The molecule has 2 amide bonds. The van der Waals surface area contributed by atoms with Gasteiger partial charge in [0.15, 0.2) is 0 Å². The topological polar surface area (TPSA) is 76.6 Å².